The van der Waals surface area contributed by atoms with Crippen molar-refractivity contribution in [2.24, 2.45) is 0 Å². The molecule has 0 saturated heterocycles. The Kier molecular flexibility index (Phi) is 2.88. The molecular weight excluding hydrogens is 190 g/mol. The maximum atomic E-state index is 5.23. The van der Waals surface area contributed by atoms with Gasteiger partial charge in [0.15, 0.2) is 0 Å². The molecule has 78 valence electrons. The van der Waals surface area contributed by atoms with Gasteiger partial charge in [-0.2, -0.15) is 0 Å². The van der Waals surface area contributed by atoms with Crippen LogP contribution in [-0.4, -0.2) is 17.1 Å². The molecule has 0 spiro atoms. The zero-order valence-electron chi connectivity index (χ0n) is 8.53. The van der Waals surface area contributed by atoms with Gasteiger partial charge in [-0.1, -0.05) is 12.1 Å². The van der Waals surface area contributed by atoms with E-state index in [2.05, 4.69) is 15.3 Å². The van der Waals surface area contributed by atoms with Crippen LogP contribution in [0.3, 0.4) is 0 Å². The first-order chi connectivity index (χ1) is 7.40. The molecule has 15 heavy (non-hydrogen) atoms. The number of hydrogen-bond acceptors (Lipinski definition) is 3. The molecule has 1 heterocycles. The number of H-pyrrole nitrogens is 1. The number of nitrogens with one attached hydrogen (secondary N) is 2. The maximum absolute atomic E-state index is 5.23. The van der Waals surface area contributed by atoms with E-state index in [1.165, 1.54) is 0 Å². The Morgan fingerprint density at radius 1 is 1.40 bits per heavy atom. The van der Waals surface area contributed by atoms with Gasteiger partial charge < -0.3 is 15.0 Å². The molecule has 0 saturated carbocycles. The third-order valence-electron chi connectivity index (χ3n) is 2.13. The fraction of sp³-hybridized carbons (Fsp3) is 0.182. The first-order valence-electron chi connectivity index (χ1n) is 4.74. The van der Waals surface area contributed by atoms with Crippen LogP contribution in [0.5, 0.6) is 5.75 Å². The lowest BCUT2D eigenvalue weighted by Crippen LogP contribution is -2.01. The van der Waals surface area contributed by atoms with Crippen molar-refractivity contribution in [2.75, 3.05) is 12.4 Å². The molecule has 2 aromatic rings. The van der Waals surface area contributed by atoms with E-state index in [1.807, 2.05) is 24.3 Å². The zero-order valence-corrected chi connectivity index (χ0v) is 8.53. The Morgan fingerprint density at radius 2 is 2.27 bits per heavy atom. The van der Waals surface area contributed by atoms with Gasteiger partial charge >= 0.3 is 0 Å². The number of para-hydroxylation sites is 2. The van der Waals surface area contributed by atoms with Crippen molar-refractivity contribution >= 4 is 5.69 Å². The van der Waals surface area contributed by atoms with Crippen molar-refractivity contribution in [3.63, 3.8) is 0 Å². The number of nitrogens with zero attached hydrogens (tertiary/aromatic N) is 1. The second-order valence-corrected chi connectivity index (χ2v) is 3.13. The fourth-order valence-corrected chi connectivity index (χ4v) is 1.36. The first-order valence-corrected chi connectivity index (χ1v) is 4.74. The average molecular weight is 203 g/mol. The van der Waals surface area contributed by atoms with Crippen LogP contribution in [0.25, 0.3) is 0 Å². The van der Waals surface area contributed by atoms with Crippen LogP contribution in [0.15, 0.2) is 36.8 Å². The van der Waals surface area contributed by atoms with E-state index in [0.717, 1.165) is 17.1 Å². The molecule has 0 amide bonds. The number of hydrogen-bond donors (Lipinski definition) is 2. The lowest BCUT2D eigenvalue weighted by Gasteiger charge is -2.09. The molecular formula is C11H13N3O. The molecule has 2 N–H and O–H groups in total. The minimum atomic E-state index is 0.709. The molecule has 0 aliphatic heterocycles. The number of ether oxygens (including phenoxy) is 1. The van der Waals surface area contributed by atoms with E-state index >= 15 is 0 Å². The SMILES string of the molecule is COc1ccccc1NCc1cnc[nH]1. The summed E-state index contributed by atoms with van der Waals surface area (Å²) >= 11 is 0. The normalized spacial score (nSPS) is 9.93. The van der Waals surface area contributed by atoms with Gasteiger partial charge in [0.05, 0.1) is 31.4 Å². The summed E-state index contributed by atoms with van der Waals surface area (Å²) in [7, 11) is 1.66. The van der Waals surface area contributed by atoms with E-state index in [4.69, 9.17) is 4.74 Å². The third-order valence-corrected chi connectivity index (χ3v) is 2.13. The molecule has 0 unspecified atom stereocenters. The van der Waals surface area contributed by atoms with Gasteiger partial charge in [-0.15, -0.1) is 0 Å². The smallest absolute Gasteiger partial charge is 0.141 e. The van der Waals surface area contributed by atoms with Crippen molar-refractivity contribution in [1.29, 1.82) is 0 Å². The molecule has 0 radical (unpaired) electrons. The zero-order chi connectivity index (χ0) is 10.5. The highest BCUT2D eigenvalue weighted by Gasteiger charge is 2.00. The van der Waals surface area contributed by atoms with Crippen LogP contribution in [0.2, 0.25) is 0 Å². The molecule has 0 bridgehead atoms. The Hall–Kier alpha value is -1.97. The summed E-state index contributed by atoms with van der Waals surface area (Å²) in [4.78, 5) is 6.98. The Bertz CT molecular complexity index is 412. The molecule has 1 aromatic carbocycles. The summed E-state index contributed by atoms with van der Waals surface area (Å²) in [6.45, 7) is 0.709. The molecule has 0 aliphatic carbocycles. The summed E-state index contributed by atoms with van der Waals surface area (Å²) in [5, 5.41) is 3.27. The summed E-state index contributed by atoms with van der Waals surface area (Å²) in [5.41, 5.74) is 2.02. The third kappa shape index (κ3) is 2.28. The summed E-state index contributed by atoms with van der Waals surface area (Å²) in [6.07, 6.45) is 3.46. The van der Waals surface area contributed by atoms with Crippen LogP contribution >= 0.6 is 0 Å². The van der Waals surface area contributed by atoms with Gasteiger partial charge in [-0.25, -0.2) is 4.98 Å². The van der Waals surface area contributed by atoms with Gasteiger partial charge in [-0.3, -0.25) is 0 Å². The van der Waals surface area contributed by atoms with Crippen molar-refractivity contribution < 1.29 is 4.74 Å². The van der Waals surface area contributed by atoms with Crippen molar-refractivity contribution in [1.82, 2.24) is 9.97 Å². The van der Waals surface area contributed by atoms with Crippen LogP contribution < -0.4 is 10.1 Å². The molecule has 4 nitrogen and oxygen atoms in total. The minimum absolute atomic E-state index is 0.709. The van der Waals surface area contributed by atoms with Crippen molar-refractivity contribution in [3.05, 3.63) is 42.5 Å². The summed E-state index contributed by atoms with van der Waals surface area (Å²) < 4.78 is 5.23. The lowest BCUT2D eigenvalue weighted by atomic mass is 10.3. The number of methoxy groups -OCH3 is 1. The van der Waals surface area contributed by atoms with Crippen molar-refractivity contribution in [3.8, 4) is 5.75 Å². The number of aromatic amines is 1. The summed E-state index contributed by atoms with van der Waals surface area (Å²) in [6, 6.07) is 7.82. The molecule has 0 fully saturated rings. The van der Waals surface area contributed by atoms with Crippen LogP contribution in [0.1, 0.15) is 5.69 Å². The Balaban J connectivity index is 2.04. The number of rotatable bonds is 4. The second kappa shape index (κ2) is 4.50. The highest BCUT2D eigenvalue weighted by atomic mass is 16.5. The van der Waals surface area contributed by atoms with E-state index < -0.39 is 0 Å². The van der Waals surface area contributed by atoms with Crippen LogP contribution in [-0.2, 0) is 6.54 Å². The van der Waals surface area contributed by atoms with Gasteiger partial charge in [0.2, 0.25) is 0 Å². The van der Waals surface area contributed by atoms with E-state index in [9.17, 15) is 0 Å². The monoisotopic (exact) mass is 203 g/mol. The predicted molar refractivity (Wildman–Crippen MR) is 58.9 cm³/mol. The molecule has 0 aliphatic rings. The number of benzene rings is 1. The number of anilines is 1. The quantitative estimate of drug-likeness (QED) is 0.799. The topological polar surface area (TPSA) is 49.9 Å². The largest absolute Gasteiger partial charge is 0.495 e. The second-order valence-electron chi connectivity index (χ2n) is 3.13. The minimum Gasteiger partial charge on any atom is -0.495 e. The average Bonchev–Trinajstić information content (AvgIpc) is 2.79. The summed E-state index contributed by atoms with van der Waals surface area (Å²) in [5.74, 6) is 0.844. The standard InChI is InChI=1S/C11H13N3O/c1-15-11-5-3-2-4-10(11)13-7-9-6-12-8-14-9/h2-6,8,13H,7H2,1H3,(H,12,14). The highest BCUT2D eigenvalue weighted by molar-refractivity contribution is 5.56. The van der Waals surface area contributed by atoms with E-state index in [-0.39, 0.29) is 0 Å². The predicted octanol–water partition coefficient (Wildman–Crippen LogP) is 2.03. The van der Waals surface area contributed by atoms with Crippen LogP contribution in [0.4, 0.5) is 5.69 Å². The van der Waals surface area contributed by atoms with Gasteiger partial charge in [-0.05, 0) is 12.1 Å². The first kappa shape index (κ1) is 9.58. The molecule has 1 aromatic heterocycles. The van der Waals surface area contributed by atoms with E-state index in [1.54, 1.807) is 19.6 Å². The van der Waals surface area contributed by atoms with Crippen molar-refractivity contribution in [2.45, 2.75) is 6.54 Å². The lowest BCUT2D eigenvalue weighted by molar-refractivity contribution is 0.416. The van der Waals surface area contributed by atoms with Gasteiger partial charge in [0.25, 0.3) is 0 Å². The molecule has 2 rings (SSSR count). The number of imidazole rings is 1. The Labute approximate surface area is 88.3 Å². The molecule has 4 heteroatoms. The van der Waals surface area contributed by atoms with Gasteiger partial charge in [0, 0.05) is 6.20 Å². The molecule has 0 atom stereocenters. The highest BCUT2D eigenvalue weighted by Crippen LogP contribution is 2.23. The van der Waals surface area contributed by atoms with E-state index in [0.29, 0.717) is 6.54 Å². The van der Waals surface area contributed by atoms with Gasteiger partial charge in [0.1, 0.15) is 5.75 Å². The fourth-order valence-electron chi connectivity index (χ4n) is 1.36. The number of aromatic nitrogens is 2. The Morgan fingerprint density at radius 3 is 3.00 bits per heavy atom. The van der Waals surface area contributed by atoms with Crippen LogP contribution in [0, 0.1) is 0 Å². The maximum Gasteiger partial charge on any atom is 0.141 e.